The van der Waals surface area contributed by atoms with Gasteiger partial charge >= 0.3 is 11.9 Å². The van der Waals surface area contributed by atoms with Gasteiger partial charge in [0, 0.05) is 17.9 Å². The third kappa shape index (κ3) is 1.96. The predicted molar refractivity (Wildman–Crippen MR) is 105 cm³/mol. The number of hydrogen-bond acceptors (Lipinski definition) is 6. The largest absolute Gasteiger partial charge is 0.468 e. The minimum Gasteiger partial charge on any atom is -0.468 e. The molecule has 156 valence electrons. The maximum Gasteiger partial charge on any atom is 0.326 e. The number of ether oxygens (including phenoxy) is 3. The van der Waals surface area contributed by atoms with Gasteiger partial charge in [0.25, 0.3) is 0 Å². The van der Waals surface area contributed by atoms with Gasteiger partial charge in [-0.3, -0.25) is 14.4 Å². The van der Waals surface area contributed by atoms with Gasteiger partial charge in [0.05, 0.1) is 20.3 Å². The van der Waals surface area contributed by atoms with Crippen molar-refractivity contribution < 1.29 is 28.6 Å². The third-order valence-electron chi connectivity index (χ3n) is 8.33. The smallest absolute Gasteiger partial charge is 0.326 e. The van der Waals surface area contributed by atoms with Gasteiger partial charge in [-0.1, -0.05) is 24.3 Å². The summed E-state index contributed by atoms with van der Waals surface area (Å²) in [6.45, 7) is 0. The van der Waals surface area contributed by atoms with Gasteiger partial charge in [-0.15, -0.1) is 0 Å². The summed E-state index contributed by atoms with van der Waals surface area (Å²) < 4.78 is 16.7. The fraction of sp³-hybridized carbons (Fsp3) is 0.542. The predicted octanol–water partition coefficient (Wildman–Crippen LogP) is 2.86. The van der Waals surface area contributed by atoms with Crippen LogP contribution in [0.5, 0.6) is 0 Å². The van der Waals surface area contributed by atoms with Gasteiger partial charge in [0.15, 0.2) is 11.2 Å². The van der Waals surface area contributed by atoms with Crippen LogP contribution in [-0.2, 0) is 28.6 Å². The molecule has 0 amide bonds. The Bertz CT molecular complexity index is 1010. The number of carbonyl (C=O) groups is 3. The lowest BCUT2D eigenvalue weighted by Gasteiger charge is -2.30. The van der Waals surface area contributed by atoms with Crippen molar-refractivity contribution in [2.45, 2.75) is 37.9 Å². The van der Waals surface area contributed by atoms with E-state index < -0.39 is 29.6 Å². The number of benzene rings is 1. The molecule has 0 unspecified atom stereocenters. The van der Waals surface area contributed by atoms with Crippen LogP contribution in [0.1, 0.15) is 42.9 Å². The van der Waals surface area contributed by atoms with Crippen LogP contribution in [0.4, 0.5) is 0 Å². The molecule has 5 aliphatic rings. The molecular formula is C24H24O6. The van der Waals surface area contributed by atoms with Crippen molar-refractivity contribution in [2.75, 3.05) is 14.2 Å². The number of allylic oxidation sites excluding steroid dienone is 1. The monoisotopic (exact) mass is 408 g/mol. The van der Waals surface area contributed by atoms with Gasteiger partial charge in [0.2, 0.25) is 0 Å². The second-order valence-electron chi connectivity index (χ2n) is 9.33. The summed E-state index contributed by atoms with van der Waals surface area (Å²) in [5.74, 6) is 0.0451. The van der Waals surface area contributed by atoms with Gasteiger partial charge in [-0.05, 0) is 53.7 Å². The normalized spacial score (nSPS) is 36.8. The molecule has 30 heavy (non-hydrogen) atoms. The average Bonchev–Trinajstić information content (AvgIpc) is 3.51. The molecule has 2 aliphatic heterocycles. The third-order valence-corrected chi connectivity index (χ3v) is 8.33. The van der Waals surface area contributed by atoms with E-state index in [2.05, 4.69) is 0 Å². The van der Waals surface area contributed by atoms with Crippen LogP contribution in [0.2, 0.25) is 0 Å². The zero-order valence-corrected chi connectivity index (χ0v) is 17.1. The molecule has 3 fully saturated rings. The number of Topliss-reactive ketones (excluding diaryl/α,β-unsaturated/α-hetero) is 1. The number of hydrogen-bond donors (Lipinski definition) is 0. The second-order valence-corrected chi connectivity index (χ2v) is 9.33. The number of rotatable bonds is 2. The van der Waals surface area contributed by atoms with E-state index in [0.717, 1.165) is 36.0 Å². The van der Waals surface area contributed by atoms with Crippen molar-refractivity contribution >= 4 is 23.3 Å². The fourth-order valence-electron chi connectivity index (χ4n) is 7.29. The minimum atomic E-state index is -1.57. The average molecular weight is 408 g/mol. The van der Waals surface area contributed by atoms with E-state index in [1.165, 1.54) is 14.2 Å². The highest BCUT2D eigenvalue weighted by atomic mass is 16.6. The van der Waals surface area contributed by atoms with Crippen molar-refractivity contribution in [1.82, 2.24) is 0 Å². The molecule has 6 heteroatoms. The van der Waals surface area contributed by atoms with Gasteiger partial charge in [-0.2, -0.15) is 0 Å². The van der Waals surface area contributed by atoms with Crippen LogP contribution in [0.25, 0.3) is 5.57 Å². The Morgan fingerprint density at radius 2 is 1.70 bits per heavy atom. The first-order chi connectivity index (χ1) is 14.5. The van der Waals surface area contributed by atoms with E-state index >= 15 is 0 Å². The Labute approximate surface area is 174 Å². The van der Waals surface area contributed by atoms with Crippen LogP contribution < -0.4 is 0 Å². The Morgan fingerprint density at radius 3 is 2.40 bits per heavy atom. The number of esters is 2. The van der Waals surface area contributed by atoms with Gasteiger partial charge < -0.3 is 14.2 Å². The summed E-state index contributed by atoms with van der Waals surface area (Å²) in [6, 6.07) is 7.53. The van der Waals surface area contributed by atoms with Crippen molar-refractivity contribution in [3.63, 3.8) is 0 Å². The Morgan fingerprint density at radius 1 is 1.03 bits per heavy atom. The summed E-state index contributed by atoms with van der Waals surface area (Å²) in [6.07, 6.45) is 2.19. The highest BCUT2D eigenvalue weighted by Gasteiger charge is 2.67. The molecule has 1 saturated heterocycles. The molecule has 2 heterocycles. The minimum absolute atomic E-state index is 0.0215. The molecule has 0 aromatic heterocycles. The van der Waals surface area contributed by atoms with E-state index in [0.29, 0.717) is 17.4 Å². The summed E-state index contributed by atoms with van der Waals surface area (Å²) >= 11 is 0. The topological polar surface area (TPSA) is 78.9 Å². The lowest BCUT2D eigenvalue weighted by atomic mass is 9.71. The van der Waals surface area contributed by atoms with E-state index in [-0.39, 0.29) is 24.0 Å². The van der Waals surface area contributed by atoms with Crippen LogP contribution in [0, 0.1) is 29.1 Å². The molecule has 6 atom stereocenters. The highest BCUT2D eigenvalue weighted by molar-refractivity contribution is 6.26. The van der Waals surface area contributed by atoms with Crippen LogP contribution in [0.3, 0.4) is 0 Å². The molecular weight excluding hydrogens is 384 g/mol. The first-order valence-electron chi connectivity index (χ1n) is 10.7. The van der Waals surface area contributed by atoms with Crippen LogP contribution >= 0.6 is 0 Å². The molecule has 3 aliphatic carbocycles. The standard InChI is InChI=1S/C24H24O6/c1-28-22(26)24(23(27)29-2)10-15-19-16-11-7-8-12(9-11)17(16)20(25)18(19)13-5-3-4-6-14(13)21(24)30-15/h3-6,11-12,15-17,21H,7-10H2,1-2H3/t11-,12+,15+,16+,17-,21+/m1/s1. The van der Waals surface area contributed by atoms with Crippen molar-refractivity contribution in [2.24, 2.45) is 29.1 Å². The zero-order chi connectivity index (χ0) is 20.8. The summed E-state index contributed by atoms with van der Waals surface area (Å²) in [4.78, 5) is 39.7. The molecule has 1 aromatic rings. The lowest BCUT2D eigenvalue weighted by molar-refractivity contribution is -0.173. The lowest BCUT2D eigenvalue weighted by Crippen LogP contribution is -2.44. The van der Waals surface area contributed by atoms with E-state index in [1.807, 2.05) is 24.3 Å². The Balaban J connectivity index is 1.59. The SMILES string of the molecule is COC(=O)C1(C(=O)OC)C[C@@H]2O[C@H]1c1ccccc1C1=C2[C@H]2[C@@H]3CC[C@@H](C3)[C@H]2C1=O. The van der Waals surface area contributed by atoms with E-state index in [1.54, 1.807) is 0 Å². The Hall–Kier alpha value is -2.47. The van der Waals surface area contributed by atoms with Crippen molar-refractivity contribution in [1.29, 1.82) is 0 Å². The molecule has 6 rings (SSSR count). The van der Waals surface area contributed by atoms with Crippen molar-refractivity contribution in [3.05, 3.63) is 41.0 Å². The number of ketones is 1. The highest BCUT2D eigenvalue weighted by Crippen LogP contribution is 2.66. The summed E-state index contributed by atoms with van der Waals surface area (Å²) in [5.41, 5.74) is 1.73. The van der Waals surface area contributed by atoms with Gasteiger partial charge in [-0.25, -0.2) is 0 Å². The Kier molecular flexibility index (Phi) is 3.68. The molecule has 6 nitrogen and oxygen atoms in total. The van der Waals surface area contributed by atoms with E-state index in [4.69, 9.17) is 14.2 Å². The molecule has 0 N–H and O–H groups in total. The summed E-state index contributed by atoms with van der Waals surface area (Å²) in [5, 5.41) is 0. The summed E-state index contributed by atoms with van der Waals surface area (Å²) in [7, 11) is 2.57. The van der Waals surface area contributed by atoms with Gasteiger partial charge in [0.1, 0.15) is 6.10 Å². The first kappa shape index (κ1) is 18.3. The molecule has 4 bridgehead atoms. The number of carbonyl (C=O) groups excluding carboxylic acids is 3. The quantitative estimate of drug-likeness (QED) is 0.553. The number of methoxy groups -OCH3 is 2. The van der Waals surface area contributed by atoms with E-state index in [9.17, 15) is 14.4 Å². The van der Waals surface area contributed by atoms with Crippen LogP contribution in [0.15, 0.2) is 29.8 Å². The fourth-order valence-corrected chi connectivity index (χ4v) is 7.29. The molecule has 1 aromatic carbocycles. The zero-order valence-electron chi connectivity index (χ0n) is 17.1. The molecule has 0 radical (unpaired) electrons. The number of fused-ring (bicyclic) bond motifs is 12. The molecule has 0 spiro atoms. The maximum atomic E-state index is 13.6. The maximum absolute atomic E-state index is 13.6. The molecule has 2 saturated carbocycles. The van der Waals surface area contributed by atoms with Crippen LogP contribution in [-0.4, -0.2) is 38.0 Å². The van der Waals surface area contributed by atoms with Crippen molar-refractivity contribution in [3.8, 4) is 0 Å². The second kappa shape index (κ2) is 6.03. The first-order valence-corrected chi connectivity index (χ1v) is 10.7.